The molecule has 0 bridgehead atoms. The third-order valence-corrected chi connectivity index (χ3v) is 5.41. The molecule has 1 aliphatic carbocycles. The minimum atomic E-state index is -0.396. The summed E-state index contributed by atoms with van der Waals surface area (Å²) in [6.07, 6.45) is 8.07. The van der Waals surface area contributed by atoms with E-state index in [1.807, 2.05) is 6.92 Å². The minimum Gasteiger partial charge on any atom is -0.360 e. The van der Waals surface area contributed by atoms with Crippen LogP contribution in [0.4, 0.5) is 15.8 Å². The first-order chi connectivity index (χ1) is 13.5. The summed E-state index contributed by atoms with van der Waals surface area (Å²) in [6.45, 7) is 2.14. The molecule has 28 heavy (non-hydrogen) atoms. The van der Waals surface area contributed by atoms with Gasteiger partial charge in [0.1, 0.15) is 5.82 Å². The van der Waals surface area contributed by atoms with Crippen LogP contribution in [-0.4, -0.2) is 29.4 Å². The van der Waals surface area contributed by atoms with E-state index in [0.717, 1.165) is 18.4 Å². The average molecular weight is 382 g/mol. The number of rotatable bonds is 5. The van der Waals surface area contributed by atoms with Crippen LogP contribution in [-0.2, 0) is 9.59 Å². The Labute approximate surface area is 162 Å². The fourth-order valence-electron chi connectivity index (χ4n) is 3.80. The first-order valence-electron chi connectivity index (χ1n) is 9.55. The molecule has 2 aliphatic rings. The SMILES string of the molecule is Cc1c(NC(=O)CNC2CCCC2)c[nH]c1/C=C1\C(=O)Nc2ccc(F)cc21. The van der Waals surface area contributed by atoms with Crippen molar-refractivity contribution in [3.8, 4) is 0 Å². The quantitative estimate of drug-likeness (QED) is 0.598. The lowest BCUT2D eigenvalue weighted by atomic mass is 10.0. The zero-order chi connectivity index (χ0) is 19.7. The summed E-state index contributed by atoms with van der Waals surface area (Å²) >= 11 is 0. The van der Waals surface area contributed by atoms with Crippen molar-refractivity contribution in [1.82, 2.24) is 10.3 Å². The second-order valence-corrected chi connectivity index (χ2v) is 7.35. The topological polar surface area (TPSA) is 86.0 Å². The van der Waals surface area contributed by atoms with Crippen molar-refractivity contribution in [3.63, 3.8) is 0 Å². The molecule has 1 aromatic heterocycles. The van der Waals surface area contributed by atoms with E-state index in [-0.39, 0.29) is 18.4 Å². The predicted molar refractivity (Wildman–Crippen MR) is 107 cm³/mol. The molecule has 0 atom stereocenters. The zero-order valence-corrected chi connectivity index (χ0v) is 15.7. The van der Waals surface area contributed by atoms with E-state index in [9.17, 15) is 14.0 Å². The summed E-state index contributed by atoms with van der Waals surface area (Å²) in [6, 6.07) is 4.64. The first kappa shape index (κ1) is 18.4. The van der Waals surface area contributed by atoms with Crippen molar-refractivity contribution in [2.75, 3.05) is 17.2 Å². The Morgan fingerprint density at radius 2 is 2.11 bits per heavy atom. The highest BCUT2D eigenvalue weighted by molar-refractivity contribution is 6.34. The van der Waals surface area contributed by atoms with Gasteiger partial charge in [-0.25, -0.2) is 4.39 Å². The predicted octanol–water partition coefficient (Wildman–Crippen LogP) is 3.43. The molecule has 146 valence electrons. The van der Waals surface area contributed by atoms with Crippen molar-refractivity contribution in [2.45, 2.75) is 38.6 Å². The number of carbonyl (C=O) groups excluding carboxylic acids is 2. The Bertz CT molecular complexity index is 957. The highest BCUT2D eigenvalue weighted by Gasteiger charge is 2.25. The summed E-state index contributed by atoms with van der Waals surface area (Å²) < 4.78 is 13.6. The van der Waals surface area contributed by atoms with Gasteiger partial charge in [-0.2, -0.15) is 0 Å². The molecule has 4 N–H and O–H groups in total. The normalized spacial score (nSPS) is 17.8. The Hall–Kier alpha value is -2.93. The molecule has 2 heterocycles. The summed E-state index contributed by atoms with van der Waals surface area (Å²) in [4.78, 5) is 27.6. The van der Waals surface area contributed by atoms with E-state index < -0.39 is 5.82 Å². The molecule has 6 nitrogen and oxygen atoms in total. The molecule has 1 fully saturated rings. The number of hydrogen-bond donors (Lipinski definition) is 4. The van der Waals surface area contributed by atoms with Crippen LogP contribution in [0, 0.1) is 12.7 Å². The molecule has 4 rings (SSSR count). The van der Waals surface area contributed by atoms with Gasteiger partial charge >= 0.3 is 0 Å². The monoisotopic (exact) mass is 382 g/mol. The van der Waals surface area contributed by atoms with E-state index in [1.54, 1.807) is 18.3 Å². The maximum absolute atomic E-state index is 13.6. The zero-order valence-electron chi connectivity index (χ0n) is 15.7. The number of aromatic nitrogens is 1. The Kier molecular flexibility index (Phi) is 5.00. The van der Waals surface area contributed by atoms with Gasteiger partial charge in [-0.1, -0.05) is 12.8 Å². The maximum Gasteiger partial charge on any atom is 0.256 e. The van der Waals surface area contributed by atoms with Gasteiger partial charge in [0.05, 0.1) is 17.8 Å². The fraction of sp³-hybridized carbons (Fsp3) is 0.333. The molecule has 2 amide bonds. The van der Waals surface area contributed by atoms with Crippen molar-refractivity contribution < 1.29 is 14.0 Å². The van der Waals surface area contributed by atoms with Gasteiger partial charge in [0.15, 0.2) is 0 Å². The molecular formula is C21H23FN4O2. The van der Waals surface area contributed by atoms with Crippen molar-refractivity contribution in [3.05, 3.63) is 47.0 Å². The summed E-state index contributed by atoms with van der Waals surface area (Å²) in [5.41, 5.74) is 3.70. The van der Waals surface area contributed by atoms with Crippen molar-refractivity contribution in [1.29, 1.82) is 0 Å². The van der Waals surface area contributed by atoms with E-state index in [2.05, 4.69) is 20.9 Å². The summed E-state index contributed by atoms with van der Waals surface area (Å²) in [5.74, 6) is -0.771. The Morgan fingerprint density at radius 1 is 1.32 bits per heavy atom. The Balaban J connectivity index is 1.48. The lowest BCUT2D eigenvalue weighted by Crippen LogP contribution is -2.34. The molecule has 2 aromatic rings. The number of benzene rings is 1. The van der Waals surface area contributed by atoms with Gasteiger partial charge in [0.2, 0.25) is 5.91 Å². The van der Waals surface area contributed by atoms with Crippen LogP contribution in [0.1, 0.15) is 42.5 Å². The number of nitrogens with one attached hydrogen (secondary N) is 4. The number of H-pyrrole nitrogens is 1. The van der Waals surface area contributed by atoms with Gasteiger partial charge in [-0.15, -0.1) is 0 Å². The van der Waals surface area contributed by atoms with Gasteiger partial charge in [-0.05, 0) is 49.6 Å². The fourth-order valence-corrected chi connectivity index (χ4v) is 3.80. The number of fused-ring (bicyclic) bond motifs is 1. The van der Waals surface area contributed by atoms with Crippen LogP contribution in [0.25, 0.3) is 11.6 Å². The summed E-state index contributed by atoms with van der Waals surface area (Å²) in [7, 11) is 0. The van der Waals surface area contributed by atoms with Crippen LogP contribution < -0.4 is 16.0 Å². The van der Waals surface area contributed by atoms with Crippen LogP contribution in [0.2, 0.25) is 0 Å². The number of anilines is 2. The second kappa shape index (κ2) is 7.59. The summed E-state index contributed by atoms with van der Waals surface area (Å²) in [5, 5.41) is 8.91. The Morgan fingerprint density at radius 3 is 2.89 bits per heavy atom. The molecule has 0 unspecified atom stereocenters. The minimum absolute atomic E-state index is 0.0979. The van der Waals surface area contributed by atoms with E-state index >= 15 is 0 Å². The van der Waals surface area contributed by atoms with Crippen LogP contribution in [0.5, 0.6) is 0 Å². The maximum atomic E-state index is 13.6. The van der Waals surface area contributed by atoms with E-state index in [0.29, 0.717) is 34.2 Å². The molecule has 1 aromatic carbocycles. The van der Waals surface area contributed by atoms with Gasteiger partial charge in [-0.3, -0.25) is 9.59 Å². The molecule has 0 saturated heterocycles. The molecular weight excluding hydrogens is 359 g/mol. The van der Waals surface area contributed by atoms with E-state index in [4.69, 9.17) is 0 Å². The van der Waals surface area contributed by atoms with Crippen molar-refractivity contribution >= 4 is 34.8 Å². The third-order valence-electron chi connectivity index (χ3n) is 5.41. The lowest BCUT2D eigenvalue weighted by Gasteiger charge is -2.11. The highest BCUT2D eigenvalue weighted by atomic mass is 19.1. The van der Waals surface area contributed by atoms with Gasteiger partial charge in [0, 0.05) is 29.2 Å². The van der Waals surface area contributed by atoms with Crippen LogP contribution in [0.3, 0.4) is 0 Å². The number of amides is 2. The molecule has 7 heteroatoms. The van der Waals surface area contributed by atoms with Crippen molar-refractivity contribution in [2.24, 2.45) is 0 Å². The van der Waals surface area contributed by atoms with Crippen LogP contribution >= 0.6 is 0 Å². The standard InChI is InChI=1S/C21H23FN4O2/c1-12-18(9-16-15-8-13(22)6-7-17(15)26-21(16)28)24-10-19(12)25-20(27)11-23-14-4-2-3-5-14/h6-10,14,23-24H,2-5,11H2,1H3,(H,25,27)(H,26,28)/b16-9-. The second-order valence-electron chi connectivity index (χ2n) is 7.35. The van der Waals surface area contributed by atoms with Gasteiger partial charge < -0.3 is 20.9 Å². The third kappa shape index (κ3) is 3.71. The molecule has 0 radical (unpaired) electrons. The highest BCUT2D eigenvalue weighted by Crippen LogP contribution is 2.34. The number of aromatic amines is 1. The molecule has 1 aliphatic heterocycles. The smallest absolute Gasteiger partial charge is 0.256 e. The molecule has 1 saturated carbocycles. The number of carbonyl (C=O) groups is 2. The lowest BCUT2D eigenvalue weighted by molar-refractivity contribution is -0.115. The first-order valence-corrected chi connectivity index (χ1v) is 9.55. The average Bonchev–Trinajstić information content (AvgIpc) is 3.37. The molecule has 0 spiro atoms. The number of hydrogen-bond acceptors (Lipinski definition) is 3. The van der Waals surface area contributed by atoms with E-state index in [1.165, 1.54) is 25.0 Å². The largest absolute Gasteiger partial charge is 0.360 e. The number of halogens is 1. The van der Waals surface area contributed by atoms with Crippen LogP contribution in [0.15, 0.2) is 24.4 Å². The van der Waals surface area contributed by atoms with Gasteiger partial charge in [0.25, 0.3) is 5.91 Å².